The average Bonchev–Trinajstić information content (AvgIpc) is 2.18. The topological polar surface area (TPSA) is 126 Å². The molecule has 15 heavy (non-hydrogen) atoms. The van der Waals surface area contributed by atoms with Gasteiger partial charge in [-0.25, -0.2) is 0 Å². The maximum absolute atomic E-state index is 9.60. The molecule has 7 heteroatoms. The lowest BCUT2D eigenvalue weighted by Gasteiger charge is -2.40. The van der Waals surface area contributed by atoms with Gasteiger partial charge in [0.2, 0.25) is 0 Å². The normalized spacial score (nSPS) is 41.3. The Labute approximate surface area is 86.8 Å². The molecule has 1 aliphatic heterocycles. The van der Waals surface area contributed by atoms with Crippen molar-refractivity contribution in [3.05, 3.63) is 0 Å². The molecule has 0 spiro atoms. The standard InChI is InChI=1S/C8H16N2O5/c1-3(9)10-5-7(13)6(12)4(2-11)15-8(5)14/h4-8,11-14H,2H2,1H3,(H2,9,10)/t4-,5-,6+,7-,8?/m1/s1. The molecule has 88 valence electrons. The zero-order chi connectivity index (χ0) is 11.6. The zero-order valence-electron chi connectivity index (χ0n) is 8.29. The molecule has 0 aromatic carbocycles. The second-order valence-corrected chi connectivity index (χ2v) is 3.52. The predicted octanol–water partition coefficient (Wildman–Crippen LogP) is -2.63. The summed E-state index contributed by atoms with van der Waals surface area (Å²) in [6, 6.07) is -0.972. The number of ether oxygens (including phenoxy) is 1. The lowest BCUT2D eigenvalue weighted by atomic mass is 9.97. The fraction of sp³-hybridized carbons (Fsp3) is 0.875. The minimum absolute atomic E-state index is 0.0383. The summed E-state index contributed by atoms with van der Waals surface area (Å²) in [5.74, 6) is 0.0383. The van der Waals surface area contributed by atoms with Crippen LogP contribution in [0, 0.1) is 5.41 Å². The van der Waals surface area contributed by atoms with Gasteiger partial charge < -0.3 is 30.5 Å². The summed E-state index contributed by atoms with van der Waals surface area (Å²) < 4.78 is 4.87. The first-order chi connectivity index (χ1) is 6.97. The van der Waals surface area contributed by atoms with Crippen LogP contribution in [-0.2, 0) is 4.74 Å². The van der Waals surface area contributed by atoms with Gasteiger partial charge in [0.05, 0.1) is 12.4 Å². The summed E-state index contributed by atoms with van der Waals surface area (Å²) in [6.07, 6.45) is -4.98. The van der Waals surface area contributed by atoms with Gasteiger partial charge in [-0.2, -0.15) is 0 Å². The Morgan fingerprint density at radius 1 is 1.33 bits per heavy atom. The van der Waals surface area contributed by atoms with E-state index in [2.05, 4.69) is 5.32 Å². The van der Waals surface area contributed by atoms with Crippen LogP contribution < -0.4 is 5.32 Å². The van der Waals surface area contributed by atoms with Crippen molar-refractivity contribution in [2.45, 2.75) is 37.6 Å². The number of aliphatic hydroxyl groups excluding tert-OH is 4. The van der Waals surface area contributed by atoms with Crippen LogP contribution in [0.25, 0.3) is 0 Å². The van der Waals surface area contributed by atoms with E-state index < -0.39 is 37.3 Å². The molecule has 0 bridgehead atoms. The van der Waals surface area contributed by atoms with Gasteiger partial charge in [-0.15, -0.1) is 0 Å². The van der Waals surface area contributed by atoms with E-state index in [0.717, 1.165) is 0 Å². The SMILES string of the molecule is CC(=N)N[C@H]1C(O)O[C@H](CO)[C@H](O)[C@@H]1O. The molecule has 1 aliphatic rings. The maximum atomic E-state index is 9.60. The van der Waals surface area contributed by atoms with Crippen molar-refractivity contribution in [3.63, 3.8) is 0 Å². The minimum atomic E-state index is -1.37. The van der Waals surface area contributed by atoms with Crippen molar-refractivity contribution in [1.29, 1.82) is 5.41 Å². The molecular weight excluding hydrogens is 204 g/mol. The first kappa shape index (κ1) is 12.3. The van der Waals surface area contributed by atoms with Gasteiger partial charge in [-0.3, -0.25) is 5.41 Å². The van der Waals surface area contributed by atoms with Gasteiger partial charge in [0.15, 0.2) is 6.29 Å². The molecule has 0 aromatic rings. The van der Waals surface area contributed by atoms with Crippen molar-refractivity contribution in [1.82, 2.24) is 5.32 Å². The van der Waals surface area contributed by atoms with E-state index in [1.165, 1.54) is 6.92 Å². The molecule has 5 atom stereocenters. The molecule has 0 aliphatic carbocycles. The summed E-state index contributed by atoms with van der Waals surface area (Å²) in [5.41, 5.74) is 0. The highest BCUT2D eigenvalue weighted by Gasteiger charge is 2.43. The van der Waals surface area contributed by atoms with E-state index in [1.54, 1.807) is 0 Å². The fourth-order valence-corrected chi connectivity index (χ4v) is 1.50. The fourth-order valence-electron chi connectivity index (χ4n) is 1.50. The van der Waals surface area contributed by atoms with Crippen LogP contribution in [0.3, 0.4) is 0 Å². The predicted molar refractivity (Wildman–Crippen MR) is 50.3 cm³/mol. The maximum Gasteiger partial charge on any atom is 0.178 e. The molecule has 1 saturated heterocycles. The molecule has 1 fully saturated rings. The highest BCUT2D eigenvalue weighted by Crippen LogP contribution is 2.19. The van der Waals surface area contributed by atoms with E-state index in [4.69, 9.17) is 15.3 Å². The van der Waals surface area contributed by atoms with Crippen molar-refractivity contribution in [3.8, 4) is 0 Å². The van der Waals surface area contributed by atoms with Crippen LogP contribution in [0.4, 0.5) is 0 Å². The van der Waals surface area contributed by atoms with Gasteiger partial charge in [0.1, 0.15) is 24.4 Å². The first-order valence-electron chi connectivity index (χ1n) is 4.59. The van der Waals surface area contributed by atoms with Crippen LogP contribution in [0.1, 0.15) is 6.92 Å². The Bertz CT molecular complexity index is 237. The van der Waals surface area contributed by atoms with Gasteiger partial charge in [0.25, 0.3) is 0 Å². The molecule has 1 heterocycles. The summed E-state index contributed by atoms with van der Waals surface area (Å²) in [5, 5.41) is 46.9. The smallest absolute Gasteiger partial charge is 0.178 e. The summed E-state index contributed by atoms with van der Waals surface area (Å²) in [6.45, 7) is 0.940. The quantitative estimate of drug-likeness (QED) is 0.223. The number of rotatable bonds is 2. The van der Waals surface area contributed by atoms with Gasteiger partial charge in [0, 0.05) is 0 Å². The first-order valence-corrected chi connectivity index (χ1v) is 4.59. The largest absolute Gasteiger partial charge is 0.394 e. The average molecular weight is 220 g/mol. The Hall–Kier alpha value is -0.730. The third-order valence-electron chi connectivity index (χ3n) is 2.28. The molecule has 0 amide bonds. The highest BCUT2D eigenvalue weighted by molar-refractivity contribution is 5.76. The Balaban J connectivity index is 2.70. The summed E-state index contributed by atoms with van der Waals surface area (Å²) in [4.78, 5) is 0. The van der Waals surface area contributed by atoms with E-state index in [9.17, 15) is 15.3 Å². The van der Waals surface area contributed by atoms with E-state index in [-0.39, 0.29) is 5.84 Å². The molecule has 6 N–H and O–H groups in total. The monoisotopic (exact) mass is 220 g/mol. The highest BCUT2D eigenvalue weighted by atomic mass is 16.6. The second kappa shape index (κ2) is 4.86. The van der Waals surface area contributed by atoms with E-state index in [0.29, 0.717) is 0 Å². The zero-order valence-corrected chi connectivity index (χ0v) is 8.29. The molecule has 7 nitrogen and oxygen atoms in total. The van der Waals surface area contributed by atoms with Crippen molar-refractivity contribution in [2.24, 2.45) is 0 Å². The summed E-state index contributed by atoms with van der Waals surface area (Å²) >= 11 is 0. The third-order valence-corrected chi connectivity index (χ3v) is 2.28. The Morgan fingerprint density at radius 2 is 1.93 bits per heavy atom. The number of aliphatic hydroxyl groups is 4. The van der Waals surface area contributed by atoms with Gasteiger partial charge in [-0.1, -0.05) is 0 Å². The molecular formula is C8H16N2O5. The number of nitrogens with one attached hydrogen (secondary N) is 2. The van der Waals surface area contributed by atoms with Crippen LogP contribution in [0.15, 0.2) is 0 Å². The number of hydrogen-bond donors (Lipinski definition) is 6. The van der Waals surface area contributed by atoms with Crippen LogP contribution in [-0.4, -0.2) is 63.5 Å². The number of hydrogen-bond acceptors (Lipinski definition) is 6. The van der Waals surface area contributed by atoms with Gasteiger partial charge >= 0.3 is 0 Å². The molecule has 1 unspecified atom stereocenters. The third kappa shape index (κ3) is 2.64. The second-order valence-electron chi connectivity index (χ2n) is 3.52. The van der Waals surface area contributed by atoms with E-state index >= 15 is 0 Å². The van der Waals surface area contributed by atoms with Gasteiger partial charge in [-0.05, 0) is 6.92 Å². The molecule has 0 saturated carbocycles. The number of amidine groups is 1. The van der Waals surface area contributed by atoms with Crippen LogP contribution in [0.2, 0.25) is 0 Å². The Morgan fingerprint density at radius 3 is 2.40 bits per heavy atom. The molecule has 0 aromatic heterocycles. The van der Waals surface area contributed by atoms with Crippen molar-refractivity contribution >= 4 is 5.84 Å². The van der Waals surface area contributed by atoms with E-state index in [1.807, 2.05) is 0 Å². The lowest BCUT2D eigenvalue weighted by Crippen LogP contribution is -2.63. The lowest BCUT2D eigenvalue weighted by molar-refractivity contribution is -0.252. The summed E-state index contributed by atoms with van der Waals surface area (Å²) in [7, 11) is 0. The van der Waals surface area contributed by atoms with Crippen molar-refractivity contribution in [2.75, 3.05) is 6.61 Å². The molecule has 1 rings (SSSR count). The minimum Gasteiger partial charge on any atom is -0.394 e. The van der Waals surface area contributed by atoms with Crippen LogP contribution in [0.5, 0.6) is 0 Å². The van der Waals surface area contributed by atoms with Crippen LogP contribution >= 0.6 is 0 Å². The Kier molecular flexibility index (Phi) is 4.00. The van der Waals surface area contributed by atoms with Crippen molar-refractivity contribution < 1.29 is 25.2 Å². The molecule has 0 radical (unpaired) electrons.